The Morgan fingerprint density at radius 1 is 1.41 bits per heavy atom. The molecule has 1 aliphatic rings. The molecule has 0 aliphatic carbocycles. The maximum atomic E-state index is 12.9. The summed E-state index contributed by atoms with van der Waals surface area (Å²) >= 11 is 0. The summed E-state index contributed by atoms with van der Waals surface area (Å²) in [6.07, 6.45) is 3.21. The van der Waals surface area contributed by atoms with Crippen LogP contribution in [0, 0.1) is 6.92 Å². The third-order valence-corrected chi connectivity index (χ3v) is 4.30. The minimum atomic E-state index is -0.0423. The SMILES string of the molecule is CCc1c(C(=O)N2CCc3[nH]ncc3C2)[nH]c(C)c1C(C)=O. The Morgan fingerprint density at radius 3 is 2.86 bits per heavy atom. The first-order valence-electron chi connectivity index (χ1n) is 7.55. The van der Waals surface area contributed by atoms with E-state index in [0.717, 1.165) is 28.9 Å². The van der Waals surface area contributed by atoms with E-state index in [1.807, 2.05) is 18.7 Å². The summed E-state index contributed by atoms with van der Waals surface area (Å²) in [4.78, 5) is 29.6. The summed E-state index contributed by atoms with van der Waals surface area (Å²) in [6, 6.07) is 0. The van der Waals surface area contributed by atoms with E-state index in [4.69, 9.17) is 0 Å². The Morgan fingerprint density at radius 2 is 2.18 bits per heavy atom. The summed E-state index contributed by atoms with van der Waals surface area (Å²) in [5.74, 6) is -0.0419. The maximum absolute atomic E-state index is 12.9. The summed E-state index contributed by atoms with van der Waals surface area (Å²) in [5, 5.41) is 7.00. The van der Waals surface area contributed by atoms with Crippen LogP contribution in [0.15, 0.2) is 6.20 Å². The highest BCUT2D eigenvalue weighted by Gasteiger charge is 2.28. The number of Topliss-reactive ketones (excluding diaryl/α,β-unsaturated/α-hetero) is 1. The van der Waals surface area contributed by atoms with Crippen LogP contribution in [0.2, 0.25) is 0 Å². The van der Waals surface area contributed by atoms with E-state index in [1.165, 1.54) is 0 Å². The quantitative estimate of drug-likeness (QED) is 0.851. The molecule has 0 radical (unpaired) electrons. The van der Waals surface area contributed by atoms with Crippen molar-refractivity contribution in [3.63, 3.8) is 0 Å². The second-order valence-corrected chi connectivity index (χ2v) is 5.74. The van der Waals surface area contributed by atoms with Crippen molar-refractivity contribution in [3.8, 4) is 0 Å². The minimum Gasteiger partial charge on any atom is -0.354 e. The van der Waals surface area contributed by atoms with Gasteiger partial charge in [0.1, 0.15) is 5.69 Å². The smallest absolute Gasteiger partial charge is 0.270 e. The van der Waals surface area contributed by atoms with Gasteiger partial charge in [0.05, 0.1) is 6.20 Å². The van der Waals surface area contributed by atoms with Crippen molar-refractivity contribution in [1.29, 1.82) is 0 Å². The fourth-order valence-corrected chi connectivity index (χ4v) is 3.24. The van der Waals surface area contributed by atoms with E-state index in [9.17, 15) is 9.59 Å². The molecule has 2 aromatic heterocycles. The number of H-pyrrole nitrogens is 2. The van der Waals surface area contributed by atoms with Gasteiger partial charge in [-0.1, -0.05) is 6.92 Å². The Balaban J connectivity index is 1.93. The molecule has 2 N–H and O–H groups in total. The average Bonchev–Trinajstić information content (AvgIpc) is 3.08. The van der Waals surface area contributed by atoms with E-state index < -0.39 is 0 Å². The summed E-state index contributed by atoms with van der Waals surface area (Å²) in [5.41, 5.74) is 4.98. The van der Waals surface area contributed by atoms with Gasteiger partial charge in [0.25, 0.3) is 5.91 Å². The van der Waals surface area contributed by atoms with Crippen molar-refractivity contribution < 1.29 is 9.59 Å². The van der Waals surface area contributed by atoms with Crippen LogP contribution in [0.1, 0.15) is 57.2 Å². The Kier molecular flexibility index (Phi) is 3.60. The van der Waals surface area contributed by atoms with Gasteiger partial charge in [0.15, 0.2) is 5.78 Å². The minimum absolute atomic E-state index is 0.000384. The molecule has 2 aromatic rings. The molecule has 0 aromatic carbocycles. The predicted molar refractivity (Wildman–Crippen MR) is 81.9 cm³/mol. The molecule has 0 atom stereocenters. The normalized spacial score (nSPS) is 14.0. The van der Waals surface area contributed by atoms with Gasteiger partial charge in [-0.15, -0.1) is 0 Å². The molecule has 0 saturated carbocycles. The topological polar surface area (TPSA) is 81.8 Å². The van der Waals surface area contributed by atoms with Crippen molar-refractivity contribution in [1.82, 2.24) is 20.1 Å². The van der Waals surface area contributed by atoms with Gasteiger partial charge in [0.2, 0.25) is 0 Å². The van der Waals surface area contributed by atoms with Gasteiger partial charge < -0.3 is 9.88 Å². The molecule has 6 nitrogen and oxygen atoms in total. The molecule has 6 heteroatoms. The summed E-state index contributed by atoms with van der Waals surface area (Å²) in [7, 11) is 0. The van der Waals surface area contributed by atoms with Gasteiger partial charge >= 0.3 is 0 Å². The number of nitrogens with one attached hydrogen (secondary N) is 2. The van der Waals surface area contributed by atoms with Crippen LogP contribution >= 0.6 is 0 Å². The fraction of sp³-hybridized carbons (Fsp3) is 0.438. The lowest BCUT2D eigenvalue weighted by Crippen LogP contribution is -2.36. The number of carbonyl (C=O) groups excluding carboxylic acids is 2. The highest BCUT2D eigenvalue weighted by molar-refractivity contribution is 6.02. The molecular weight excluding hydrogens is 280 g/mol. The molecule has 0 bridgehead atoms. The van der Waals surface area contributed by atoms with Crippen LogP contribution in [0.5, 0.6) is 0 Å². The van der Waals surface area contributed by atoms with Crippen LogP contribution in [-0.2, 0) is 19.4 Å². The van der Waals surface area contributed by atoms with Crippen molar-refractivity contribution in [2.75, 3.05) is 6.54 Å². The van der Waals surface area contributed by atoms with Crippen LogP contribution in [0.3, 0.4) is 0 Å². The Bertz CT molecular complexity index is 741. The van der Waals surface area contributed by atoms with Crippen molar-refractivity contribution in [2.45, 2.75) is 40.2 Å². The highest BCUT2D eigenvalue weighted by atomic mass is 16.2. The number of hydrogen-bond donors (Lipinski definition) is 2. The van der Waals surface area contributed by atoms with Crippen molar-refractivity contribution in [3.05, 3.63) is 40.0 Å². The van der Waals surface area contributed by atoms with Crippen LogP contribution < -0.4 is 0 Å². The second kappa shape index (κ2) is 5.44. The Hall–Kier alpha value is -2.37. The maximum Gasteiger partial charge on any atom is 0.270 e. The zero-order valence-electron chi connectivity index (χ0n) is 13.1. The van der Waals surface area contributed by atoms with E-state index in [1.54, 1.807) is 13.1 Å². The first-order valence-corrected chi connectivity index (χ1v) is 7.55. The van der Waals surface area contributed by atoms with Crippen LogP contribution in [0.4, 0.5) is 0 Å². The first-order chi connectivity index (χ1) is 10.5. The van der Waals surface area contributed by atoms with E-state index >= 15 is 0 Å². The van der Waals surface area contributed by atoms with Gasteiger partial charge in [-0.05, 0) is 25.8 Å². The zero-order chi connectivity index (χ0) is 15.9. The molecule has 1 amide bonds. The molecule has 3 rings (SSSR count). The van der Waals surface area contributed by atoms with Gasteiger partial charge in [0, 0.05) is 42.0 Å². The van der Waals surface area contributed by atoms with Gasteiger partial charge in [-0.25, -0.2) is 0 Å². The van der Waals surface area contributed by atoms with E-state index in [2.05, 4.69) is 15.2 Å². The molecule has 1 aliphatic heterocycles. The predicted octanol–water partition coefficient (Wildman–Crippen LogP) is 2.01. The summed E-state index contributed by atoms with van der Waals surface area (Å²) < 4.78 is 0. The van der Waals surface area contributed by atoms with Crippen molar-refractivity contribution in [2.24, 2.45) is 0 Å². The highest BCUT2D eigenvalue weighted by Crippen LogP contribution is 2.24. The van der Waals surface area contributed by atoms with Crippen LogP contribution in [-0.4, -0.2) is 38.3 Å². The Labute approximate surface area is 128 Å². The number of fused-ring (bicyclic) bond motifs is 1. The third kappa shape index (κ3) is 2.24. The lowest BCUT2D eigenvalue weighted by Gasteiger charge is -2.26. The largest absolute Gasteiger partial charge is 0.354 e. The van der Waals surface area contributed by atoms with Gasteiger partial charge in [-0.3, -0.25) is 14.7 Å². The molecule has 0 saturated heterocycles. The number of rotatable bonds is 3. The van der Waals surface area contributed by atoms with Crippen molar-refractivity contribution >= 4 is 11.7 Å². The molecule has 116 valence electrons. The third-order valence-electron chi connectivity index (χ3n) is 4.30. The van der Waals surface area contributed by atoms with E-state index in [0.29, 0.717) is 30.8 Å². The average molecular weight is 300 g/mol. The standard InChI is InChI=1S/C16H20N4O2/c1-4-12-14(10(3)21)9(2)18-15(12)16(22)20-6-5-13-11(8-20)7-17-19-13/h7,18H,4-6,8H2,1-3H3,(H,17,19). The van der Waals surface area contributed by atoms with E-state index in [-0.39, 0.29) is 11.7 Å². The first kappa shape index (κ1) is 14.6. The fourth-order valence-electron chi connectivity index (χ4n) is 3.24. The number of amides is 1. The number of aromatic nitrogens is 3. The summed E-state index contributed by atoms with van der Waals surface area (Å²) in [6.45, 7) is 6.57. The number of hydrogen-bond acceptors (Lipinski definition) is 3. The lowest BCUT2D eigenvalue weighted by atomic mass is 10.0. The molecule has 22 heavy (non-hydrogen) atoms. The molecule has 3 heterocycles. The number of carbonyl (C=O) groups is 2. The number of aromatic amines is 2. The molecule has 0 fully saturated rings. The van der Waals surface area contributed by atoms with Gasteiger partial charge in [-0.2, -0.15) is 5.10 Å². The molecule has 0 unspecified atom stereocenters. The lowest BCUT2D eigenvalue weighted by molar-refractivity contribution is 0.0728. The monoisotopic (exact) mass is 300 g/mol. The molecule has 0 spiro atoms. The zero-order valence-corrected chi connectivity index (χ0v) is 13.1. The van der Waals surface area contributed by atoms with Crippen LogP contribution in [0.25, 0.3) is 0 Å². The number of nitrogens with zero attached hydrogens (tertiary/aromatic N) is 2. The second-order valence-electron chi connectivity index (χ2n) is 5.74. The number of ketones is 1. The molecular formula is C16H20N4O2. The number of aryl methyl sites for hydroxylation is 1.